The number of hydrogen-bond donors (Lipinski definition) is 0. The Bertz CT molecular complexity index is 615. The van der Waals surface area contributed by atoms with E-state index in [9.17, 15) is 9.59 Å². The number of fused-ring (bicyclic) bond motifs is 1. The van der Waals surface area contributed by atoms with Gasteiger partial charge in [0.05, 0.1) is 23.6 Å². The van der Waals surface area contributed by atoms with E-state index in [1.807, 2.05) is 9.80 Å². The molecule has 6 heteroatoms. The second kappa shape index (κ2) is 6.51. The van der Waals surface area contributed by atoms with E-state index < -0.39 is 0 Å². The lowest BCUT2D eigenvalue weighted by molar-refractivity contribution is -0.138. The Hall–Kier alpha value is -1.95. The maximum atomic E-state index is 12.9. The number of carbonyl (C=O) groups excluding carboxylic acids is 2. The molecule has 128 valence electrons. The number of hydrogen-bond acceptors (Lipinski definition) is 4. The van der Waals surface area contributed by atoms with Crippen LogP contribution in [0.25, 0.3) is 0 Å². The molecule has 4 heterocycles. The standard InChI is InChI=1S/C18H23N3O3/c22-17(20-7-1-2-8-20)14-10-16-15(5-9-24-16)21(12-14)18(23)13-4-3-6-19-11-13/h3-4,6,11,14-16H,1-2,5,7-10,12H2/t14-,15+,16+/m0/s1. The van der Waals surface area contributed by atoms with E-state index in [1.165, 1.54) is 0 Å². The van der Waals surface area contributed by atoms with Gasteiger partial charge in [-0.15, -0.1) is 0 Å². The van der Waals surface area contributed by atoms with Crippen molar-refractivity contribution in [1.82, 2.24) is 14.8 Å². The molecule has 1 aromatic rings. The van der Waals surface area contributed by atoms with Gasteiger partial charge in [-0.05, 0) is 37.8 Å². The summed E-state index contributed by atoms with van der Waals surface area (Å²) >= 11 is 0. The lowest BCUT2D eigenvalue weighted by atomic mass is 9.88. The van der Waals surface area contributed by atoms with Crippen molar-refractivity contribution < 1.29 is 14.3 Å². The van der Waals surface area contributed by atoms with Gasteiger partial charge in [0.25, 0.3) is 5.91 Å². The Balaban J connectivity index is 1.55. The van der Waals surface area contributed by atoms with Gasteiger partial charge in [-0.3, -0.25) is 14.6 Å². The minimum atomic E-state index is -0.150. The quantitative estimate of drug-likeness (QED) is 0.821. The van der Waals surface area contributed by atoms with Crippen molar-refractivity contribution >= 4 is 11.8 Å². The van der Waals surface area contributed by atoms with Crippen LogP contribution in [0.5, 0.6) is 0 Å². The van der Waals surface area contributed by atoms with Crippen LogP contribution in [-0.2, 0) is 9.53 Å². The number of piperidine rings is 1. The molecule has 0 radical (unpaired) electrons. The van der Waals surface area contributed by atoms with Crippen LogP contribution in [0.1, 0.15) is 36.0 Å². The Kier molecular flexibility index (Phi) is 4.22. The molecule has 3 atom stereocenters. The average molecular weight is 329 g/mol. The number of rotatable bonds is 2. The first kappa shape index (κ1) is 15.6. The summed E-state index contributed by atoms with van der Waals surface area (Å²) in [7, 11) is 0. The molecule has 4 rings (SSSR count). The Labute approximate surface area is 141 Å². The third kappa shape index (κ3) is 2.79. The maximum Gasteiger partial charge on any atom is 0.255 e. The highest BCUT2D eigenvalue weighted by Crippen LogP contribution is 2.33. The van der Waals surface area contributed by atoms with Crippen molar-refractivity contribution in [2.24, 2.45) is 5.92 Å². The van der Waals surface area contributed by atoms with Crippen LogP contribution in [0.3, 0.4) is 0 Å². The number of aromatic nitrogens is 1. The molecule has 3 aliphatic heterocycles. The minimum absolute atomic E-state index is 0.0177. The largest absolute Gasteiger partial charge is 0.376 e. The van der Waals surface area contributed by atoms with Crippen molar-refractivity contribution in [1.29, 1.82) is 0 Å². The first-order valence-corrected chi connectivity index (χ1v) is 8.85. The second-order valence-electron chi connectivity index (χ2n) is 6.93. The molecule has 0 aromatic carbocycles. The summed E-state index contributed by atoms with van der Waals surface area (Å²) in [5.41, 5.74) is 0.581. The fourth-order valence-corrected chi connectivity index (χ4v) is 4.21. The zero-order valence-corrected chi connectivity index (χ0v) is 13.8. The van der Waals surface area contributed by atoms with Crippen LogP contribution in [-0.4, -0.2) is 65.0 Å². The molecule has 0 saturated carbocycles. The fourth-order valence-electron chi connectivity index (χ4n) is 4.21. The van der Waals surface area contributed by atoms with Crippen LogP contribution in [0.2, 0.25) is 0 Å². The summed E-state index contributed by atoms with van der Waals surface area (Å²) in [6.45, 7) is 2.85. The van der Waals surface area contributed by atoms with Crippen LogP contribution in [0, 0.1) is 5.92 Å². The van der Waals surface area contributed by atoms with Crippen molar-refractivity contribution in [2.45, 2.75) is 37.8 Å². The number of nitrogens with zero attached hydrogens (tertiary/aromatic N) is 3. The van der Waals surface area contributed by atoms with Gasteiger partial charge in [0.15, 0.2) is 0 Å². The molecular formula is C18H23N3O3. The summed E-state index contributed by atoms with van der Waals surface area (Å²) in [6, 6.07) is 3.64. The highest BCUT2D eigenvalue weighted by molar-refractivity contribution is 5.94. The van der Waals surface area contributed by atoms with Gasteiger partial charge in [-0.1, -0.05) is 0 Å². The monoisotopic (exact) mass is 329 g/mol. The van der Waals surface area contributed by atoms with Crippen LogP contribution < -0.4 is 0 Å². The topological polar surface area (TPSA) is 62.7 Å². The summed E-state index contributed by atoms with van der Waals surface area (Å²) in [6.07, 6.45) is 6.99. The normalized spacial score (nSPS) is 29.6. The van der Waals surface area contributed by atoms with Gasteiger partial charge in [0.2, 0.25) is 5.91 Å². The van der Waals surface area contributed by atoms with E-state index in [4.69, 9.17) is 4.74 Å². The SMILES string of the molecule is O=C([C@H]1C[C@H]2OCC[C@H]2N(C(=O)c2cccnc2)C1)N1CCCC1. The molecular weight excluding hydrogens is 306 g/mol. The van der Waals surface area contributed by atoms with Gasteiger partial charge in [0.1, 0.15) is 0 Å². The molecule has 2 amide bonds. The number of likely N-dealkylation sites (tertiary alicyclic amines) is 2. The number of amides is 2. The molecule has 3 saturated heterocycles. The lowest BCUT2D eigenvalue weighted by Gasteiger charge is -2.41. The molecule has 0 unspecified atom stereocenters. The summed E-state index contributed by atoms with van der Waals surface area (Å²) in [5.74, 6) is -0.00368. The molecule has 0 N–H and O–H groups in total. The predicted octanol–water partition coefficient (Wildman–Crippen LogP) is 1.32. The molecule has 3 fully saturated rings. The molecule has 0 spiro atoms. The third-order valence-electron chi connectivity index (χ3n) is 5.45. The predicted molar refractivity (Wildman–Crippen MR) is 87.3 cm³/mol. The Morgan fingerprint density at radius 1 is 1.25 bits per heavy atom. The van der Waals surface area contributed by atoms with Crippen LogP contribution >= 0.6 is 0 Å². The lowest BCUT2D eigenvalue weighted by Crippen LogP contribution is -2.55. The van der Waals surface area contributed by atoms with E-state index in [-0.39, 0.29) is 29.9 Å². The van der Waals surface area contributed by atoms with E-state index in [2.05, 4.69) is 4.98 Å². The van der Waals surface area contributed by atoms with Crippen LogP contribution in [0.4, 0.5) is 0 Å². The molecule has 3 aliphatic rings. The summed E-state index contributed by atoms with van der Waals surface area (Å²) in [4.78, 5) is 33.6. The summed E-state index contributed by atoms with van der Waals surface area (Å²) in [5, 5.41) is 0. The number of carbonyl (C=O) groups is 2. The fraction of sp³-hybridized carbons (Fsp3) is 0.611. The second-order valence-corrected chi connectivity index (χ2v) is 6.93. The summed E-state index contributed by atoms with van der Waals surface area (Å²) < 4.78 is 5.84. The molecule has 0 bridgehead atoms. The van der Waals surface area contributed by atoms with Crippen molar-refractivity contribution in [3.63, 3.8) is 0 Å². The van der Waals surface area contributed by atoms with E-state index in [1.54, 1.807) is 24.5 Å². The molecule has 1 aromatic heterocycles. The smallest absolute Gasteiger partial charge is 0.255 e. The van der Waals surface area contributed by atoms with Gasteiger partial charge >= 0.3 is 0 Å². The zero-order chi connectivity index (χ0) is 16.5. The number of pyridine rings is 1. The Morgan fingerprint density at radius 2 is 2.08 bits per heavy atom. The van der Waals surface area contributed by atoms with E-state index >= 15 is 0 Å². The van der Waals surface area contributed by atoms with Crippen molar-refractivity contribution in [2.75, 3.05) is 26.2 Å². The third-order valence-corrected chi connectivity index (χ3v) is 5.45. The van der Waals surface area contributed by atoms with E-state index in [0.717, 1.165) is 38.8 Å². The van der Waals surface area contributed by atoms with Gasteiger partial charge in [-0.25, -0.2) is 0 Å². The number of ether oxygens (including phenoxy) is 1. The first-order chi connectivity index (χ1) is 11.7. The molecule has 0 aliphatic carbocycles. The van der Waals surface area contributed by atoms with Crippen molar-refractivity contribution in [3.05, 3.63) is 30.1 Å². The Morgan fingerprint density at radius 3 is 2.83 bits per heavy atom. The van der Waals surface area contributed by atoms with Gasteiger partial charge < -0.3 is 14.5 Å². The first-order valence-electron chi connectivity index (χ1n) is 8.85. The van der Waals surface area contributed by atoms with Gasteiger partial charge in [-0.2, -0.15) is 0 Å². The van der Waals surface area contributed by atoms with E-state index in [0.29, 0.717) is 18.7 Å². The molecule has 6 nitrogen and oxygen atoms in total. The maximum absolute atomic E-state index is 12.9. The highest BCUT2D eigenvalue weighted by Gasteiger charge is 2.45. The molecule has 24 heavy (non-hydrogen) atoms. The van der Waals surface area contributed by atoms with Gasteiger partial charge in [0, 0.05) is 38.6 Å². The average Bonchev–Trinajstić information content (AvgIpc) is 3.31. The van der Waals surface area contributed by atoms with Crippen LogP contribution in [0.15, 0.2) is 24.5 Å². The zero-order valence-electron chi connectivity index (χ0n) is 13.8. The van der Waals surface area contributed by atoms with Crippen molar-refractivity contribution in [3.8, 4) is 0 Å². The highest BCUT2D eigenvalue weighted by atomic mass is 16.5. The minimum Gasteiger partial charge on any atom is -0.376 e.